The van der Waals surface area contributed by atoms with E-state index in [4.69, 9.17) is 5.11 Å². The monoisotopic (exact) mass is 144 g/mol. The Bertz CT molecular complexity index is 144. The van der Waals surface area contributed by atoms with Crippen molar-refractivity contribution >= 4 is 5.97 Å². The summed E-state index contributed by atoms with van der Waals surface area (Å²) >= 11 is 0. The highest BCUT2D eigenvalue weighted by Gasteiger charge is 2.56. The lowest BCUT2D eigenvalue weighted by Gasteiger charge is -2.00. The zero-order chi connectivity index (χ0) is 7.61. The Labute approximate surface area is 60.0 Å². The largest absolute Gasteiger partial charge is 0.441 e. The summed E-state index contributed by atoms with van der Waals surface area (Å²) in [6, 6.07) is 0. The molecule has 1 aliphatic rings. The van der Waals surface area contributed by atoms with E-state index in [-0.39, 0.29) is 12.6 Å². The van der Waals surface area contributed by atoms with E-state index in [1.165, 1.54) is 0 Å². The molecule has 58 valence electrons. The van der Waals surface area contributed by atoms with Crippen LogP contribution in [0.2, 0.25) is 0 Å². The Morgan fingerprint density at radius 3 is 2.60 bits per heavy atom. The lowest BCUT2D eigenvalue weighted by Crippen LogP contribution is -2.17. The molecule has 0 aromatic heterocycles. The van der Waals surface area contributed by atoms with Gasteiger partial charge in [-0.2, -0.15) is 0 Å². The maximum atomic E-state index is 10.6. The van der Waals surface area contributed by atoms with Crippen LogP contribution in [-0.2, 0) is 9.53 Å². The highest BCUT2D eigenvalue weighted by atomic mass is 16.7. The highest BCUT2D eigenvalue weighted by molar-refractivity contribution is 5.92. The normalized spacial score (nSPS) is 30.0. The molecule has 1 fully saturated rings. The van der Waals surface area contributed by atoms with Crippen LogP contribution in [-0.4, -0.2) is 23.3 Å². The van der Waals surface area contributed by atoms with Crippen molar-refractivity contribution in [1.29, 1.82) is 0 Å². The summed E-state index contributed by atoms with van der Waals surface area (Å²) in [6.07, 6.45) is 2.63. The van der Waals surface area contributed by atoms with Crippen LogP contribution < -0.4 is 0 Å². The molecule has 0 spiro atoms. The summed E-state index contributed by atoms with van der Waals surface area (Å²) in [5.74, 6) is -0.247. The van der Waals surface area contributed by atoms with E-state index in [1.54, 1.807) is 0 Å². The molecule has 0 aromatic carbocycles. The van der Waals surface area contributed by atoms with Gasteiger partial charge in [-0.05, 0) is 6.42 Å². The molecule has 1 N–H and O–H groups in total. The quantitative estimate of drug-likeness (QED) is 0.583. The van der Waals surface area contributed by atoms with Crippen LogP contribution in [0.4, 0.5) is 0 Å². The summed E-state index contributed by atoms with van der Waals surface area (Å²) in [5.41, 5.74) is -0.782. The smallest absolute Gasteiger partial charge is 0.354 e. The van der Waals surface area contributed by atoms with Crippen LogP contribution in [0.1, 0.15) is 26.2 Å². The van der Waals surface area contributed by atoms with Crippen LogP contribution in [0.3, 0.4) is 0 Å². The number of hydrogen-bond donors (Lipinski definition) is 1. The SMILES string of the molecule is CCCC[C@]1(CO)OC1=O. The fraction of sp³-hybridized carbons (Fsp3) is 0.857. The van der Waals surface area contributed by atoms with E-state index in [9.17, 15) is 4.79 Å². The predicted molar refractivity (Wildman–Crippen MR) is 35.4 cm³/mol. The molecule has 0 aromatic rings. The van der Waals surface area contributed by atoms with Crippen LogP contribution in [0.5, 0.6) is 0 Å². The standard InChI is InChI=1S/C7H12O3/c1-2-3-4-7(5-8)6(9)10-7/h8H,2-5H2,1H3/t7-/m1/s1. The second-order valence-electron chi connectivity index (χ2n) is 2.65. The number of cyclic esters (lactones) is 1. The third-order valence-electron chi connectivity index (χ3n) is 1.81. The zero-order valence-corrected chi connectivity index (χ0v) is 6.09. The maximum Gasteiger partial charge on any atom is 0.354 e. The molecule has 1 saturated heterocycles. The van der Waals surface area contributed by atoms with Gasteiger partial charge in [0.2, 0.25) is 5.60 Å². The van der Waals surface area contributed by atoms with Crippen molar-refractivity contribution in [3.05, 3.63) is 0 Å². The van der Waals surface area contributed by atoms with Gasteiger partial charge in [0.15, 0.2) is 0 Å². The third-order valence-corrected chi connectivity index (χ3v) is 1.81. The van der Waals surface area contributed by atoms with E-state index < -0.39 is 5.60 Å². The second kappa shape index (κ2) is 2.58. The number of epoxide rings is 1. The third kappa shape index (κ3) is 1.14. The number of rotatable bonds is 4. The topological polar surface area (TPSA) is 49.8 Å². The van der Waals surface area contributed by atoms with Crippen LogP contribution in [0, 0.1) is 0 Å². The fourth-order valence-electron chi connectivity index (χ4n) is 0.943. The molecule has 0 radical (unpaired) electrons. The van der Waals surface area contributed by atoms with E-state index >= 15 is 0 Å². The van der Waals surface area contributed by atoms with Crippen LogP contribution >= 0.6 is 0 Å². The minimum atomic E-state index is -0.782. The van der Waals surface area contributed by atoms with Crippen molar-refractivity contribution in [2.45, 2.75) is 31.8 Å². The minimum Gasteiger partial charge on any atom is -0.441 e. The molecule has 1 atom stereocenters. The van der Waals surface area contributed by atoms with Gasteiger partial charge in [-0.1, -0.05) is 13.3 Å². The average Bonchev–Trinajstić information content (AvgIpc) is 2.59. The molecule has 10 heavy (non-hydrogen) atoms. The van der Waals surface area contributed by atoms with Gasteiger partial charge < -0.3 is 9.84 Å². The van der Waals surface area contributed by atoms with E-state index in [1.807, 2.05) is 6.92 Å². The number of aliphatic hydroxyl groups is 1. The van der Waals surface area contributed by atoms with Crippen molar-refractivity contribution in [3.63, 3.8) is 0 Å². The molecule has 0 aliphatic carbocycles. The number of ether oxygens (including phenoxy) is 1. The number of carbonyl (C=O) groups is 1. The van der Waals surface area contributed by atoms with Gasteiger partial charge in [-0.15, -0.1) is 0 Å². The number of hydrogen-bond acceptors (Lipinski definition) is 3. The predicted octanol–water partition coefficient (Wildman–Crippen LogP) is 0.464. The second-order valence-corrected chi connectivity index (χ2v) is 2.65. The Hall–Kier alpha value is -0.570. The fourth-order valence-corrected chi connectivity index (χ4v) is 0.943. The molecular weight excluding hydrogens is 132 g/mol. The summed E-state index contributed by atoms with van der Waals surface area (Å²) in [7, 11) is 0. The van der Waals surface area contributed by atoms with Gasteiger partial charge in [0.05, 0.1) is 6.61 Å². The Morgan fingerprint density at radius 2 is 2.30 bits per heavy atom. The molecular formula is C7H12O3. The molecule has 3 nitrogen and oxygen atoms in total. The van der Waals surface area contributed by atoms with E-state index in [0.29, 0.717) is 6.42 Å². The first-order chi connectivity index (χ1) is 4.75. The molecule has 0 amide bonds. The van der Waals surface area contributed by atoms with Gasteiger partial charge in [-0.3, -0.25) is 0 Å². The summed E-state index contributed by atoms with van der Waals surface area (Å²) in [6.45, 7) is 1.88. The molecule has 0 unspecified atom stereocenters. The zero-order valence-electron chi connectivity index (χ0n) is 6.09. The highest BCUT2D eigenvalue weighted by Crippen LogP contribution is 2.33. The number of carbonyl (C=O) groups excluding carboxylic acids is 1. The first kappa shape index (κ1) is 7.54. The van der Waals surface area contributed by atoms with Crippen molar-refractivity contribution in [2.75, 3.05) is 6.61 Å². The van der Waals surface area contributed by atoms with E-state index in [0.717, 1.165) is 12.8 Å². The summed E-state index contributed by atoms with van der Waals surface area (Å²) in [5, 5.41) is 8.71. The maximum absolute atomic E-state index is 10.6. The van der Waals surface area contributed by atoms with Gasteiger partial charge in [0.25, 0.3) is 0 Å². The molecule has 3 heteroatoms. The molecule has 0 bridgehead atoms. The Kier molecular flexibility index (Phi) is 1.94. The lowest BCUT2D eigenvalue weighted by atomic mass is 10.0. The lowest BCUT2D eigenvalue weighted by molar-refractivity contribution is -0.117. The van der Waals surface area contributed by atoms with Crippen molar-refractivity contribution < 1.29 is 14.6 Å². The molecule has 1 aliphatic heterocycles. The number of unbranched alkanes of at least 4 members (excludes halogenated alkanes) is 1. The van der Waals surface area contributed by atoms with Crippen molar-refractivity contribution in [3.8, 4) is 0 Å². The molecule has 1 heterocycles. The van der Waals surface area contributed by atoms with Crippen molar-refractivity contribution in [1.82, 2.24) is 0 Å². The molecule has 1 rings (SSSR count). The van der Waals surface area contributed by atoms with Gasteiger partial charge in [-0.25, -0.2) is 4.79 Å². The van der Waals surface area contributed by atoms with Gasteiger partial charge in [0, 0.05) is 6.42 Å². The Morgan fingerprint density at radius 1 is 1.70 bits per heavy atom. The van der Waals surface area contributed by atoms with Crippen LogP contribution in [0.25, 0.3) is 0 Å². The number of aliphatic hydroxyl groups excluding tert-OH is 1. The Balaban J connectivity index is 2.30. The molecule has 0 saturated carbocycles. The van der Waals surface area contributed by atoms with Crippen molar-refractivity contribution in [2.24, 2.45) is 0 Å². The first-order valence-electron chi connectivity index (χ1n) is 3.59. The van der Waals surface area contributed by atoms with E-state index in [2.05, 4.69) is 4.74 Å². The van der Waals surface area contributed by atoms with Crippen LogP contribution in [0.15, 0.2) is 0 Å². The average molecular weight is 144 g/mol. The minimum absolute atomic E-state index is 0.161. The first-order valence-corrected chi connectivity index (χ1v) is 3.59. The summed E-state index contributed by atoms with van der Waals surface area (Å²) in [4.78, 5) is 10.6. The van der Waals surface area contributed by atoms with Gasteiger partial charge >= 0.3 is 5.97 Å². The summed E-state index contributed by atoms with van der Waals surface area (Å²) < 4.78 is 4.67. The van der Waals surface area contributed by atoms with Gasteiger partial charge in [0.1, 0.15) is 0 Å².